The Bertz CT molecular complexity index is 1640. The Morgan fingerprint density at radius 3 is 2.20 bits per heavy atom. The normalized spacial score (nSPS) is 19.0. The van der Waals surface area contributed by atoms with Crippen LogP contribution in [0, 0.1) is 24.2 Å². The molecule has 0 spiro atoms. The molecule has 17 heteroatoms. The fraction of sp³-hybridized carbons (Fsp3) is 0.407. The number of amides is 3. The number of aromatic nitrogens is 2. The number of aryl methyl sites for hydroxylation is 1. The van der Waals surface area contributed by atoms with Crippen molar-refractivity contribution in [2.75, 3.05) is 19.0 Å². The van der Waals surface area contributed by atoms with Gasteiger partial charge in [-0.2, -0.15) is 26.3 Å². The number of methoxy groups -OCH3 is 1. The highest BCUT2D eigenvalue weighted by molar-refractivity contribution is 7.19. The molecule has 2 fully saturated rings. The van der Waals surface area contributed by atoms with E-state index in [1.54, 1.807) is 12.1 Å². The Morgan fingerprint density at radius 1 is 1.09 bits per heavy atom. The van der Waals surface area contributed by atoms with E-state index in [1.807, 2.05) is 13.8 Å². The molecule has 2 N–H and O–H groups in total. The van der Waals surface area contributed by atoms with Crippen molar-refractivity contribution in [2.45, 2.75) is 39.7 Å². The van der Waals surface area contributed by atoms with Crippen LogP contribution in [0.5, 0.6) is 0 Å². The number of nitrogens with one attached hydrogen (secondary N) is 1. The molecular formula is C27H24F6N4O6S. The van der Waals surface area contributed by atoms with Gasteiger partial charge in [-0.05, 0) is 30.5 Å². The molecule has 5 rings (SSSR count). The van der Waals surface area contributed by atoms with E-state index < -0.39 is 29.9 Å². The maximum atomic E-state index is 13.6. The number of pyridine rings is 2. The van der Waals surface area contributed by atoms with Crippen LogP contribution in [-0.2, 0) is 36.6 Å². The predicted molar refractivity (Wildman–Crippen MR) is 143 cm³/mol. The van der Waals surface area contributed by atoms with Crippen molar-refractivity contribution in [1.29, 1.82) is 0 Å². The average Bonchev–Trinajstić information content (AvgIpc) is 3.14. The lowest BCUT2D eigenvalue weighted by molar-refractivity contribution is -0.192. The molecule has 0 radical (unpaired) electrons. The molecular weight excluding hydrogens is 622 g/mol. The summed E-state index contributed by atoms with van der Waals surface area (Å²) in [4.78, 5) is 56.6. The SMILES string of the molecule is COCC(=O)Nc1c(-c2ccnc3cc(CN4C(=O)C5C(C4=O)C5(C)C)sc23)cc(C(F)(F)F)nc1C.O=C(O)C(F)(F)F. The number of fused-ring (bicyclic) bond motifs is 2. The molecule has 2 unspecified atom stereocenters. The first-order chi connectivity index (χ1) is 20.3. The van der Waals surface area contributed by atoms with Crippen LogP contribution < -0.4 is 5.32 Å². The molecule has 1 aliphatic carbocycles. The maximum absolute atomic E-state index is 13.6. The summed E-state index contributed by atoms with van der Waals surface area (Å²) in [7, 11) is 1.33. The third kappa shape index (κ3) is 6.24. The Morgan fingerprint density at radius 2 is 1.68 bits per heavy atom. The smallest absolute Gasteiger partial charge is 0.475 e. The van der Waals surface area contributed by atoms with Crippen LogP contribution in [0.25, 0.3) is 21.3 Å². The van der Waals surface area contributed by atoms with Gasteiger partial charge in [0.1, 0.15) is 12.3 Å². The number of halogens is 6. The monoisotopic (exact) mass is 646 g/mol. The van der Waals surface area contributed by atoms with Crippen molar-refractivity contribution in [1.82, 2.24) is 14.9 Å². The van der Waals surface area contributed by atoms with E-state index in [1.165, 1.54) is 36.5 Å². The Balaban J connectivity index is 0.000000566. The largest absolute Gasteiger partial charge is 0.490 e. The van der Waals surface area contributed by atoms with Crippen molar-refractivity contribution in [3.63, 3.8) is 0 Å². The highest BCUT2D eigenvalue weighted by Crippen LogP contribution is 2.63. The lowest BCUT2D eigenvalue weighted by atomic mass is 10.0. The topological polar surface area (TPSA) is 139 Å². The molecule has 0 aromatic carbocycles. The molecule has 1 saturated heterocycles. The number of ether oxygens (including phenoxy) is 1. The zero-order chi connectivity index (χ0) is 32.9. The number of carbonyl (C=O) groups is 4. The van der Waals surface area contributed by atoms with E-state index in [2.05, 4.69) is 15.3 Å². The van der Waals surface area contributed by atoms with Crippen LogP contribution in [0.2, 0.25) is 0 Å². The number of piperidine rings is 1. The predicted octanol–water partition coefficient (Wildman–Crippen LogP) is 5.04. The second-order valence-corrected chi connectivity index (χ2v) is 11.8. The summed E-state index contributed by atoms with van der Waals surface area (Å²) in [5.41, 5.74) is -0.260. The number of imide groups is 1. The van der Waals surface area contributed by atoms with Crippen molar-refractivity contribution in [3.8, 4) is 11.1 Å². The van der Waals surface area contributed by atoms with E-state index in [4.69, 9.17) is 14.6 Å². The highest BCUT2D eigenvalue weighted by Gasteiger charge is 2.72. The number of hydrogen-bond acceptors (Lipinski definition) is 8. The third-order valence-corrected chi connectivity index (χ3v) is 8.37. The zero-order valence-corrected chi connectivity index (χ0v) is 24.2. The maximum Gasteiger partial charge on any atom is 0.490 e. The van der Waals surface area contributed by atoms with Crippen molar-refractivity contribution >= 4 is 50.9 Å². The first kappa shape index (κ1) is 32.8. The first-order valence-electron chi connectivity index (χ1n) is 12.7. The van der Waals surface area contributed by atoms with E-state index in [0.717, 1.165) is 6.07 Å². The minimum atomic E-state index is -5.08. The van der Waals surface area contributed by atoms with E-state index in [0.29, 0.717) is 20.7 Å². The average molecular weight is 647 g/mol. The molecule has 2 aliphatic rings. The number of likely N-dealkylation sites (tertiary alicyclic amines) is 1. The number of rotatable bonds is 6. The lowest BCUT2D eigenvalue weighted by Crippen LogP contribution is -2.35. The van der Waals surface area contributed by atoms with Crippen molar-refractivity contribution < 1.29 is 55.4 Å². The Hall–Kier alpha value is -4.12. The number of alkyl halides is 6. The summed E-state index contributed by atoms with van der Waals surface area (Å²) in [6.45, 7) is 4.98. The molecule has 3 aromatic rings. The van der Waals surface area contributed by atoms with Gasteiger partial charge < -0.3 is 15.2 Å². The number of aliphatic carboxylic acids is 1. The molecule has 3 amide bonds. The number of nitrogens with zero attached hydrogens (tertiary/aromatic N) is 3. The highest BCUT2D eigenvalue weighted by atomic mass is 32.1. The van der Waals surface area contributed by atoms with Gasteiger partial charge in [-0.25, -0.2) is 9.78 Å². The van der Waals surface area contributed by atoms with Crippen LogP contribution in [-0.4, -0.2) is 63.6 Å². The molecule has 0 bridgehead atoms. The summed E-state index contributed by atoms with van der Waals surface area (Å²) in [5, 5.41) is 9.73. The molecule has 2 atom stereocenters. The van der Waals surface area contributed by atoms with Gasteiger partial charge in [-0.1, -0.05) is 13.8 Å². The van der Waals surface area contributed by atoms with Crippen molar-refractivity contribution in [3.05, 3.63) is 40.7 Å². The zero-order valence-electron chi connectivity index (χ0n) is 23.4. The van der Waals surface area contributed by atoms with Gasteiger partial charge in [0.2, 0.25) is 17.7 Å². The van der Waals surface area contributed by atoms with Gasteiger partial charge in [0.25, 0.3) is 0 Å². The molecule has 236 valence electrons. The van der Waals surface area contributed by atoms with Crippen LogP contribution in [0.1, 0.15) is 30.1 Å². The fourth-order valence-electron chi connectivity index (χ4n) is 5.09. The summed E-state index contributed by atoms with van der Waals surface area (Å²) in [6, 6.07) is 4.18. The summed E-state index contributed by atoms with van der Waals surface area (Å²) in [5.74, 6) is -4.31. The van der Waals surface area contributed by atoms with Crippen LogP contribution in [0.15, 0.2) is 24.4 Å². The molecule has 44 heavy (non-hydrogen) atoms. The van der Waals surface area contributed by atoms with Gasteiger partial charge >= 0.3 is 18.3 Å². The van der Waals surface area contributed by atoms with Crippen LogP contribution in [0.4, 0.5) is 32.0 Å². The number of carboxylic acid groups (broad SMARTS) is 1. The Labute approximate surface area is 249 Å². The van der Waals surface area contributed by atoms with Gasteiger partial charge in [0.05, 0.1) is 40.0 Å². The lowest BCUT2D eigenvalue weighted by Gasteiger charge is -2.19. The number of carbonyl (C=O) groups excluding carboxylic acids is 3. The molecule has 3 aromatic heterocycles. The minimum absolute atomic E-state index is 0.00822. The van der Waals surface area contributed by atoms with Crippen LogP contribution >= 0.6 is 11.3 Å². The van der Waals surface area contributed by atoms with E-state index in [9.17, 15) is 40.7 Å². The van der Waals surface area contributed by atoms with Gasteiger partial charge in [0, 0.05) is 29.3 Å². The first-order valence-corrected chi connectivity index (χ1v) is 13.5. The third-order valence-electron chi connectivity index (χ3n) is 7.23. The molecule has 1 aliphatic heterocycles. The second kappa shape index (κ2) is 11.4. The Kier molecular flexibility index (Phi) is 8.51. The minimum Gasteiger partial charge on any atom is -0.475 e. The summed E-state index contributed by atoms with van der Waals surface area (Å²) in [6.07, 6.45) is -8.33. The number of thiophene rings is 1. The van der Waals surface area contributed by atoms with E-state index in [-0.39, 0.29) is 59.2 Å². The number of carboxylic acids is 1. The fourth-order valence-corrected chi connectivity index (χ4v) is 6.22. The van der Waals surface area contributed by atoms with Crippen LogP contribution in [0.3, 0.4) is 0 Å². The summed E-state index contributed by atoms with van der Waals surface area (Å²) >= 11 is 1.24. The van der Waals surface area contributed by atoms with Gasteiger partial charge in [-0.15, -0.1) is 11.3 Å². The quantitative estimate of drug-likeness (QED) is 0.281. The van der Waals surface area contributed by atoms with Crippen molar-refractivity contribution in [2.24, 2.45) is 17.3 Å². The molecule has 10 nitrogen and oxygen atoms in total. The number of hydrogen-bond donors (Lipinski definition) is 2. The van der Waals surface area contributed by atoms with Gasteiger partial charge in [0.15, 0.2) is 0 Å². The number of anilines is 1. The standard InChI is InChI=1S/C25H23F3N4O4S.C2HF3O2/c1-11-20(31-17(33)10-36-4)14(8-16(30-11)25(26,27)28)13-5-6-29-15-7-12(37-21(13)15)9-32-22(34)18-19(23(32)35)24(18,2)3;3-2(4,5)1(6)7/h5-8,18-19H,9-10H2,1-4H3,(H,31,33);(H,6,7). The molecule has 4 heterocycles. The van der Waals surface area contributed by atoms with Gasteiger partial charge in [-0.3, -0.25) is 24.3 Å². The van der Waals surface area contributed by atoms with E-state index >= 15 is 0 Å². The molecule has 1 saturated carbocycles. The second-order valence-electron chi connectivity index (χ2n) is 10.6. The summed E-state index contributed by atoms with van der Waals surface area (Å²) < 4.78 is 78.0.